The van der Waals surface area contributed by atoms with Gasteiger partial charge in [-0.3, -0.25) is 4.79 Å². The van der Waals surface area contributed by atoms with Gasteiger partial charge in [0, 0.05) is 34.1 Å². The molecular formula is C20H26N2O4S. The fourth-order valence-electron chi connectivity index (χ4n) is 2.57. The summed E-state index contributed by atoms with van der Waals surface area (Å²) >= 11 is 0. The van der Waals surface area contributed by atoms with Crippen molar-refractivity contribution in [3.8, 4) is 5.75 Å². The van der Waals surface area contributed by atoms with E-state index in [1.807, 2.05) is 24.3 Å². The first-order chi connectivity index (χ1) is 12.7. The summed E-state index contributed by atoms with van der Waals surface area (Å²) in [5.41, 5.74) is 1.96. The van der Waals surface area contributed by atoms with Gasteiger partial charge >= 0.3 is 0 Å². The quantitative estimate of drug-likeness (QED) is 0.695. The zero-order chi connectivity index (χ0) is 20.0. The number of ether oxygens (including phenoxy) is 1. The molecule has 7 heteroatoms. The Labute approximate surface area is 161 Å². The number of rotatable bonds is 8. The third-order valence-corrected chi connectivity index (χ3v) is 6.16. The molecule has 0 saturated heterocycles. The van der Waals surface area contributed by atoms with Gasteiger partial charge in [0.2, 0.25) is 15.9 Å². The van der Waals surface area contributed by atoms with E-state index in [1.54, 1.807) is 43.3 Å². The maximum absolute atomic E-state index is 12.4. The molecule has 2 rings (SSSR count). The van der Waals surface area contributed by atoms with Crippen LogP contribution in [0.25, 0.3) is 0 Å². The van der Waals surface area contributed by atoms with Crippen LogP contribution in [-0.2, 0) is 27.8 Å². The van der Waals surface area contributed by atoms with Crippen molar-refractivity contribution in [2.24, 2.45) is 0 Å². The molecule has 0 saturated carbocycles. The van der Waals surface area contributed by atoms with Crippen molar-refractivity contribution in [2.75, 3.05) is 28.3 Å². The summed E-state index contributed by atoms with van der Waals surface area (Å²) in [6, 6.07) is 14.3. The van der Waals surface area contributed by atoms with Crippen LogP contribution < -0.4 is 4.74 Å². The van der Waals surface area contributed by atoms with Crippen molar-refractivity contribution in [1.82, 2.24) is 9.21 Å². The van der Waals surface area contributed by atoms with Gasteiger partial charge in [0.05, 0.1) is 12.0 Å². The van der Waals surface area contributed by atoms with Gasteiger partial charge in [0.25, 0.3) is 0 Å². The molecule has 2 aromatic carbocycles. The summed E-state index contributed by atoms with van der Waals surface area (Å²) in [6.45, 7) is 0.531. The Morgan fingerprint density at radius 3 is 2.00 bits per heavy atom. The molecule has 0 N–H and O–H groups in total. The molecule has 0 aromatic heterocycles. The Morgan fingerprint density at radius 1 is 0.926 bits per heavy atom. The van der Waals surface area contributed by atoms with Gasteiger partial charge in [-0.1, -0.05) is 24.3 Å². The molecule has 0 radical (unpaired) electrons. The molecule has 0 unspecified atom stereocenters. The van der Waals surface area contributed by atoms with Gasteiger partial charge in [0.1, 0.15) is 5.75 Å². The highest BCUT2D eigenvalue weighted by molar-refractivity contribution is 7.89. The number of carbonyl (C=O) groups excluding carboxylic acids is 1. The van der Waals surface area contributed by atoms with Crippen LogP contribution >= 0.6 is 0 Å². The smallest absolute Gasteiger partial charge is 0.242 e. The highest BCUT2D eigenvalue weighted by Crippen LogP contribution is 2.16. The normalized spacial score (nSPS) is 11.4. The Morgan fingerprint density at radius 2 is 1.48 bits per heavy atom. The summed E-state index contributed by atoms with van der Waals surface area (Å²) in [4.78, 5) is 14.3. The van der Waals surface area contributed by atoms with Crippen LogP contribution in [0.1, 0.15) is 17.5 Å². The van der Waals surface area contributed by atoms with Gasteiger partial charge < -0.3 is 9.64 Å². The molecule has 0 fully saturated rings. The number of benzene rings is 2. The zero-order valence-corrected chi connectivity index (χ0v) is 17.0. The Hall–Kier alpha value is -2.38. The molecule has 27 heavy (non-hydrogen) atoms. The van der Waals surface area contributed by atoms with Crippen LogP contribution in [0.5, 0.6) is 5.75 Å². The average molecular weight is 391 g/mol. The van der Waals surface area contributed by atoms with Gasteiger partial charge in [0.15, 0.2) is 0 Å². The standard InChI is InChI=1S/C20H26N2O4S/c1-21(2)27(24,25)19-12-7-16(8-13-19)9-14-20(23)22(3)15-17-5-10-18(26-4)11-6-17/h5-8,10-13H,9,14-15H2,1-4H3. The van der Waals surface area contributed by atoms with Crippen LogP contribution in [-0.4, -0.2) is 51.8 Å². The first-order valence-corrected chi connectivity index (χ1v) is 10.1. The van der Waals surface area contributed by atoms with Crippen LogP contribution in [0.2, 0.25) is 0 Å². The van der Waals surface area contributed by atoms with Crippen molar-refractivity contribution < 1.29 is 17.9 Å². The molecule has 0 aliphatic heterocycles. The molecule has 146 valence electrons. The minimum Gasteiger partial charge on any atom is -0.497 e. The van der Waals surface area contributed by atoms with Crippen LogP contribution in [0.15, 0.2) is 53.4 Å². The molecule has 0 atom stereocenters. The number of hydrogen-bond acceptors (Lipinski definition) is 4. The maximum atomic E-state index is 12.4. The summed E-state index contributed by atoms with van der Waals surface area (Å²) in [5, 5.41) is 0. The minimum absolute atomic E-state index is 0.0378. The third-order valence-electron chi connectivity index (χ3n) is 4.33. The highest BCUT2D eigenvalue weighted by atomic mass is 32.2. The number of nitrogens with zero attached hydrogens (tertiary/aromatic N) is 2. The highest BCUT2D eigenvalue weighted by Gasteiger charge is 2.16. The summed E-state index contributed by atoms with van der Waals surface area (Å²) in [5.74, 6) is 0.822. The number of aryl methyl sites for hydroxylation is 1. The largest absolute Gasteiger partial charge is 0.497 e. The molecule has 2 aromatic rings. The van der Waals surface area contributed by atoms with Crippen molar-refractivity contribution >= 4 is 15.9 Å². The van der Waals surface area contributed by atoms with Crippen molar-refractivity contribution in [2.45, 2.75) is 24.3 Å². The number of sulfonamides is 1. The lowest BCUT2D eigenvalue weighted by molar-refractivity contribution is -0.130. The number of methoxy groups -OCH3 is 1. The maximum Gasteiger partial charge on any atom is 0.242 e. The van der Waals surface area contributed by atoms with Gasteiger partial charge in [-0.25, -0.2) is 12.7 Å². The second-order valence-corrected chi connectivity index (χ2v) is 8.68. The van der Waals surface area contributed by atoms with E-state index >= 15 is 0 Å². The van der Waals surface area contributed by atoms with Crippen molar-refractivity contribution in [1.29, 1.82) is 0 Å². The van der Waals surface area contributed by atoms with Gasteiger partial charge in [-0.05, 0) is 41.8 Å². The van der Waals surface area contributed by atoms with E-state index in [2.05, 4.69) is 0 Å². The third kappa shape index (κ3) is 5.55. The Bertz CT molecular complexity index is 860. The number of amides is 1. The first-order valence-electron chi connectivity index (χ1n) is 8.62. The zero-order valence-electron chi connectivity index (χ0n) is 16.2. The van der Waals surface area contributed by atoms with Crippen molar-refractivity contribution in [3.05, 3.63) is 59.7 Å². The average Bonchev–Trinajstić information content (AvgIpc) is 2.66. The van der Waals surface area contributed by atoms with E-state index in [4.69, 9.17) is 4.74 Å². The monoisotopic (exact) mass is 390 g/mol. The number of carbonyl (C=O) groups is 1. The van der Waals surface area contributed by atoms with Gasteiger partial charge in [-0.2, -0.15) is 0 Å². The predicted octanol–water partition coefficient (Wildman–Crippen LogP) is 2.54. The van der Waals surface area contributed by atoms with Crippen LogP contribution in [0.4, 0.5) is 0 Å². The lowest BCUT2D eigenvalue weighted by atomic mass is 10.1. The molecule has 6 nitrogen and oxygen atoms in total. The SMILES string of the molecule is COc1ccc(CN(C)C(=O)CCc2ccc(S(=O)(=O)N(C)C)cc2)cc1. The summed E-state index contributed by atoms with van der Waals surface area (Å²) in [6.07, 6.45) is 0.931. The second-order valence-electron chi connectivity index (χ2n) is 6.53. The molecule has 0 bridgehead atoms. The molecule has 0 aliphatic rings. The lowest BCUT2D eigenvalue weighted by Gasteiger charge is -2.17. The minimum atomic E-state index is -3.43. The van der Waals surface area contributed by atoms with Crippen molar-refractivity contribution in [3.63, 3.8) is 0 Å². The molecule has 0 spiro atoms. The lowest BCUT2D eigenvalue weighted by Crippen LogP contribution is -2.26. The predicted molar refractivity (Wildman–Crippen MR) is 105 cm³/mol. The second kappa shape index (κ2) is 9.01. The molecule has 0 aliphatic carbocycles. The molecule has 1 amide bonds. The molecular weight excluding hydrogens is 364 g/mol. The van der Waals surface area contributed by atoms with Gasteiger partial charge in [-0.15, -0.1) is 0 Å². The number of hydrogen-bond donors (Lipinski definition) is 0. The van der Waals surface area contributed by atoms with E-state index in [-0.39, 0.29) is 10.8 Å². The fraction of sp³-hybridized carbons (Fsp3) is 0.350. The van der Waals surface area contributed by atoms with E-state index in [9.17, 15) is 13.2 Å². The van der Waals surface area contributed by atoms with Crippen LogP contribution in [0.3, 0.4) is 0 Å². The topological polar surface area (TPSA) is 66.9 Å². The van der Waals surface area contributed by atoms with Crippen LogP contribution in [0, 0.1) is 0 Å². The van der Waals surface area contributed by atoms with E-state index in [0.717, 1.165) is 16.9 Å². The Balaban J connectivity index is 1.90. The van der Waals surface area contributed by atoms with E-state index in [1.165, 1.54) is 18.4 Å². The Kier molecular flexibility index (Phi) is 6.98. The van der Waals surface area contributed by atoms with E-state index < -0.39 is 10.0 Å². The fourth-order valence-corrected chi connectivity index (χ4v) is 3.48. The molecule has 0 heterocycles. The van der Waals surface area contributed by atoms with E-state index in [0.29, 0.717) is 19.4 Å². The summed E-state index contributed by atoms with van der Waals surface area (Å²) in [7, 11) is 2.97. The first kappa shape index (κ1) is 20.9. The summed E-state index contributed by atoms with van der Waals surface area (Å²) < 4.78 is 30.5.